The molecule has 0 radical (unpaired) electrons. The second kappa shape index (κ2) is 6.49. The quantitative estimate of drug-likeness (QED) is 0.706. The summed E-state index contributed by atoms with van der Waals surface area (Å²) >= 11 is 0. The molecule has 0 fully saturated rings. The second-order valence-electron chi connectivity index (χ2n) is 6.72. The minimum atomic E-state index is -0.735. The van der Waals surface area contributed by atoms with Crippen LogP contribution >= 0.6 is 0 Å². The normalized spacial score (nSPS) is 16.4. The summed E-state index contributed by atoms with van der Waals surface area (Å²) in [6.07, 6.45) is 0.239. The summed E-state index contributed by atoms with van der Waals surface area (Å²) in [5, 5.41) is 18.0. The molecule has 8 heteroatoms. The monoisotopic (exact) mass is 378 g/mol. The summed E-state index contributed by atoms with van der Waals surface area (Å²) < 4.78 is 0.933. The Morgan fingerprint density at radius 3 is 2.64 bits per heavy atom. The maximum absolute atomic E-state index is 12.3. The number of rotatable bonds is 2. The fraction of sp³-hybridized carbons (Fsp3) is 0.200. The molecule has 1 atom stereocenters. The summed E-state index contributed by atoms with van der Waals surface area (Å²) in [6.45, 7) is 1.40. The van der Waals surface area contributed by atoms with Gasteiger partial charge in [-0.2, -0.15) is 5.10 Å². The molecule has 0 bridgehead atoms. The number of nitrogens with one attached hydrogen (secondary N) is 1. The highest BCUT2D eigenvalue weighted by Gasteiger charge is 2.34. The van der Waals surface area contributed by atoms with Gasteiger partial charge in [0.25, 0.3) is 5.56 Å². The second-order valence-corrected chi connectivity index (χ2v) is 6.72. The lowest BCUT2D eigenvalue weighted by Crippen LogP contribution is -2.32. The first kappa shape index (κ1) is 17.7. The average molecular weight is 378 g/mol. The largest absolute Gasteiger partial charge is 0.494 e. The molecule has 1 aliphatic rings. The van der Waals surface area contributed by atoms with Gasteiger partial charge >= 0.3 is 5.69 Å². The van der Waals surface area contributed by atoms with Crippen molar-refractivity contribution in [3.05, 3.63) is 74.4 Å². The molecule has 2 N–H and O–H groups in total. The molecule has 0 unspecified atom stereocenters. The number of carbonyl (C=O) groups excluding carboxylic acids is 1. The molecule has 2 heterocycles. The maximum atomic E-state index is 12.3. The third kappa shape index (κ3) is 2.70. The first-order valence-electron chi connectivity index (χ1n) is 8.76. The first-order valence-corrected chi connectivity index (χ1v) is 8.76. The van der Waals surface area contributed by atoms with Crippen LogP contribution in [0.4, 0.5) is 0 Å². The number of H-pyrrole nitrogens is 1. The van der Waals surface area contributed by atoms with Gasteiger partial charge in [-0.1, -0.05) is 42.5 Å². The predicted molar refractivity (Wildman–Crippen MR) is 104 cm³/mol. The predicted octanol–water partition coefficient (Wildman–Crippen LogP) is 1.63. The van der Waals surface area contributed by atoms with Crippen LogP contribution in [0.1, 0.15) is 30.5 Å². The Hall–Kier alpha value is -3.68. The lowest BCUT2D eigenvalue weighted by atomic mass is 9.94. The van der Waals surface area contributed by atoms with Crippen LogP contribution in [0.25, 0.3) is 10.8 Å². The number of hydrogen-bond acceptors (Lipinski definition) is 5. The van der Waals surface area contributed by atoms with Crippen molar-refractivity contribution in [3.63, 3.8) is 0 Å². The Morgan fingerprint density at radius 1 is 1.18 bits per heavy atom. The molecule has 3 aromatic rings. The van der Waals surface area contributed by atoms with Crippen LogP contribution in [-0.4, -0.2) is 31.3 Å². The van der Waals surface area contributed by atoms with Gasteiger partial charge in [0.05, 0.1) is 11.8 Å². The third-order valence-electron chi connectivity index (χ3n) is 5.00. The highest BCUT2D eigenvalue weighted by atomic mass is 16.3. The molecule has 28 heavy (non-hydrogen) atoms. The van der Waals surface area contributed by atoms with E-state index in [2.05, 4.69) is 10.1 Å². The van der Waals surface area contributed by atoms with E-state index in [0.717, 1.165) is 20.9 Å². The van der Waals surface area contributed by atoms with Gasteiger partial charge in [0.15, 0.2) is 0 Å². The summed E-state index contributed by atoms with van der Waals surface area (Å²) in [7, 11) is 1.34. The van der Waals surface area contributed by atoms with Gasteiger partial charge in [-0.25, -0.2) is 9.80 Å². The number of aromatic hydroxyl groups is 1. The van der Waals surface area contributed by atoms with Crippen molar-refractivity contribution < 1.29 is 9.90 Å². The number of amides is 1. The minimum Gasteiger partial charge on any atom is -0.494 e. The SMILES string of the molecule is CC(=O)N1N=C(c2c(O)n(C)c(=O)[nH]c2=O)C[C@@H]1c1cccc2ccccc12. The molecule has 1 aromatic heterocycles. The Morgan fingerprint density at radius 2 is 1.89 bits per heavy atom. The molecule has 2 aromatic carbocycles. The van der Waals surface area contributed by atoms with E-state index in [4.69, 9.17) is 0 Å². The van der Waals surface area contributed by atoms with E-state index in [9.17, 15) is 19.5 Å². The Bertz CT molecular complexity index is 1250. The Balaban J connectivity index is 1.86. The van der Waals surface area contributed by atoms with Crippen LogP contribution < -0.4 is 11.2 Å². The van der Waals surface area contributed by atoms with Crippen molar-refractivity contribution in [2.45, 2.75) is 19.4 Å². The molecule has 0 saturated carbocycles. The van der Waals surface area contributed by atoms with Crippen molar-refractivity contribution in [1.82, 2.24) is 14.6 Å². The third-order valence-corrected chi connectivity index (χ3v) is 5.00. The van der Waals surface area contributed by atoms with Gasteiger partial charge in [-0.3, -0.25) is 19.1 Å². The van der Waals surface area contributed by atoms with Crippen molar-refractivity contribution in [1.29, 1.82) is 0 Å². The van der Waals surface area contributed by atoms with E-state index < -0.39 is 23.2 Å². The zero-order valence-electron chi connectivity index (χ0n) is 15.3. The highest BCUT2D eigenvalue weighted by molar-refractivity contribution is 6.04. The van der Waals surface area contributed by atoms with Crippen molar-refractivity contribution in [3.8, 4) is 5.88 Å². The number of aromatic amines is 1. The van der Waals surface area contributed by atoms with Crippen molar-refractivity contribution in [2.24, 2.45) is 12.1 Å². The standard InChI is InChI=1S/C20H18N4O4/c1-11(25)24-16(14-9-5-7-12-6-3-4-8-13(12)14)10-15(22-24)17-18(26)21-20(28)23(2)19(17)27/h3-9,16,27H,10H2,1-2H3,(H,21,26,28)/t16-/m1/s1. The molecular formula is C20H18N4O4. The number of benzene rings is 2. The van der Waals surface area contributed by atoms with Gasteiger partial charge in [0, 0.05) is 20.4 Å². The molecule has 142 valence electrons. The average Bonchev–Trinajstić information content (AvgIpc) is 3.11. The van der Waals surface area contributed by atoms with Crippen LogP contribution in [0, 0.1) is 0 Å². The van der Waals surface area contributed by atoms with E-state index in [1.807, 2.05) is 42.5 Å². The molecular weight excluding hydrogens is 360 g/mol. The first-order chi connectivity index (χ1) is 13.4. The zero-order valence-corrected chi connectivity index (χ0v) is 15.3. The van der Waals surface area contributed by atoms with Crippen LogP contribution in [0.5, 0.6) is 5.88 Å². The number of hydrogen-bond donors (Lipinski definition) is 2. The fourth-order valence-electron chi connectivity index (χ4n) is 3.60. The summed E-state index contributed by atoms with van der Waals surface area (Å²) in [5.74, 6) is -0.761. The van der Waals surface area contributed by atoms with Crippen LogP contribution in [-0.2, 0) is 11.8 Å². The molecule has 1 amide bonds. The lowest BCUT2D eigenvalue weighted by molar-refractivity contribution is -0.130. The summed E-state index contributed by atoms with van der Waals surface area (Å²) in [6, 6.07) is 13.2. The topological polar surface area (TPSA) is 108 Å². The molecule has 1 aliphatic heterocycles. The summed E-state index contributed by atoms with van der Waals surface area (Å²) in [5.41, 5.74) is -0.411. The maximum Gasteiger partial charge on any atom is 0.330 e. The molecule has 0 spiro atoms. The number of fused-ring (bicyclic) bond motifs is 1. The van der Waals surface area contributed by atoms with Gasteiger partial charge in [0.1, 0.15) is 5.56 Å². The smallest absolute Gasteiger partial charge is 0.330 e. The molecule has 0 saturated heterocycles. The van der Waals surface area contributed by atoms with Crippen LogP contribution in [0.3, 0.4) is 0 Å². The molecule has 0 aliphatic carbocycles. The van der Waals surface area contributed by atoms with Crippen LogP contribution in [0.2, 0.25) is 0 Å². The number of carbonyl (C=O) groups is 1. The Kier molecular flexibility index (Phi) is 4.11. The van der Waals surface area contributed by atoms with Gasteiger partial charge in [0.2, 0.25) is 11.8 Å². The van der Waals surface area contributed by atoms with Gasteiger partial charge in [-0.15, -0.1) is 0 Å². The van der Waals surface area contributed by atoms with Crippen molar-refractivity contribution >= 4 is 22.4 Å². The molecule has 4 rings (SSSR count). The van der Waals surface area contributed by atoms with E-state index in [0.29, 0.717) is 0 Å². The zero-order chi connectivity index (χ0) is 20.0. The van der Waals surface area contributed by atoms with Crippen molar-refractivity contribution in [2.75, 3.05) is 0 Å². The molecule has 8 nitrogen and oxygen atoms in total. The van der Waals surface area contributed by atoms with E-state index in [1.165, 1.54) is 19.0 Å². The van der Waals surface area contributed by atoms with E-state index in [-0.39, 0.29) is 23.6 Å². The number of aromatic nitrogens is 2. The van der Waals surface area contributed by atoms with Gasteiger partial charge in [-0.05, 0) is 16.3 Å². The van der Waals surface area contributed by atoms with E-state index >= 15 is 0 Å². The number of nitrogens with zero attached hydrogens (tertiary/aromatic N) is 3. The lowest BCUT2D eigenvalue weighted by Gasteiger charge is -2.22. The Labute approximate surface area is 159 Å². The minimum absolute atomic E-state index is 0.101. The van der Waals surface area contributed by atoms with Gasteiger partial charge < -0.3 is 5.11 Å². The van der Waals surface area contributed by atoms with Crippen LogP contribution in [0.15, 0.2) is 57.2 Å². The summed E-state index contributed by atoms with van der Waals surface area (Å²) in [4.78, 5) is 38.4. The fourth-order valence-corrected chi connectivity index (χ4v) is 3.60. The van der Waals surface area contributed by atoms with E-state index in [1.54, 1.807) is 0 Å². The highest BCUT2D eigenvalue weighted by Crippen LogP contribution is 2.36. The number of hydrazone groups is 1.